The molecule has 0 saturated heterocycles. The first-order valence-corrected chi connectivity index (χ1v) is 18.3. The van der Waals surface area contributed by atoms with Crippen molar-refractivity contribution in [1.29, 1.82) is 0 Å². The van der Waals surface area contributed by atoms with Crippen LogP contribution in [0, 0.1) is 6.92 Å². The van der Waals surface area contributed by atoms with Gasteiger partial charge < -0.3 is 40.7 Å². The van der Waals surface area contributed by atoms with Crippen molar-refractivity contribution in [2.75, 3.05) is 0 Å². The molecule has 0 aromatic rings. The van der Waals surface area contributed by atoms with Crippen molar-refractivity contribution in [3.05, 3.63) is 19.6 Å². The average Bonchev–Trinajstić information content (AvgIpc) is 2.70. The number of rotatable bonds is 18. The molecule has 0 atom stereocenters. The fraction of sp³-hybridized carbons (Fsp3) is 0.900. The first-order chi connectivity index (χ1) is 19.2. The molecule has 0 rings (SSSR count). The van der Waals surface area contributed by atoms with Crippen LogP contribution in [0.1, 0.15) is 125 Å². The molecule has 0 amide bonds. The summed E-state index contributed by atoms with van der Waals surface area (Å²) >= 11 is 0. The second-order valence-corrected chi connectivity index (χ2v) is 14.6. The van der Waals surface area contributed by atoms with Crippen LogP contribution in [0.3, 0.4) is 0 Å². The average molecular weight is 769 g/mol. The van der Waals surface area contributed by atoms with Gasteiger partial charge in [0.05, 0.1) is 54.9 Å². The van der Waals surface area contributed by atoms with E-state index in [4.69, 9.17) is 40.7 Å². The quantitative estimate of drug-likeness (QED) is 0.0999. The maximum atomic E-state index is 5.49. The standard InChI is InChI=1S/3C9H21O3P.C3H5.Rh/c3*1-7(2)10-13(11-8(3)4)12-9(5)6;1-3-2;/h3*7-9H,1-6H3;3H,1-2H2;. The molecule has 0 bridgehead atoms. The molecule has 0 fully saturated rings. The van der Waals surface area contributed by atoms with Gasteiger partial charge >= 0.3 is 25.8 Å². The third kappa shape index (κ3) is 53.1. The molecule has 0 heterocycles. The first-order valence-electron chi connectivity index (χ1n) is 15.0. The zero-order valence-electron chi connectivity index (χ0n) is 30.5. The second-order valence-electron chi connectivity index (χ2n) is 11.3. The zero-order valence-corrected chi connectivity index (χ0v) is 34.9. The second kappa shape index (κ2) is 34.6. The van der Waals surface area contributed by atoms with Gasteiger partial charge in [-0.15, -0.1) is 6.58 Å². The molecule has 0 aromatic heterocycles. The van der Waals surface area contributed by atoms with Gasteiger partial charge in [-0.05, 0) is 132 Å². The van der Waals surface area contributed by atoms with Gasteiger partial charge in [0, 0.05) is 19.5 Å². The van der Waals surface area contributed by atoms with Gasteiger partial charge in [-0.3, -0.25) is 0 Å². The van der Waals surface area contributed by atoms with Crippen molar-refractivity contribution in [2.45, 2.75) is 180 Å². The summed E-state index contributed by atoms with van der Waals surface area (Å²) in [7, 11) is -3.54. The Hall–Kier alpha value is 1.29. The van der Waals surface area contributed by atoms with Crippen LogP contribution in [-0.4, -0.2) is 54.9 Å². The van der Waals surface area contributed by atoms with Crippen LogP contribution in [0.25, 0.3) is 0 Å². The van der Waals surface area contributed by atoms with Gasteiger partial charge in [-0.2, -0.15) is 0 Å². The Kier molecular flexibility index (Phi) is 43.3. The first kappa shape index (κ1) is 53.8. The van der Waals surface area contributed by atoms with Crippen molar-refractivity contribution in [1.82, 2.24) is 0 Å². The smallest absolute Gasteiger partial charge is 0.309 e. The fourth-order valence-electron chi connectivity index (χ4n) is 1.77. The number of allylic oxidation sites excluding steroid dienone is 1. The summed E-state index contributed by atoms with van der Waals surface area (Å²) in [5.74, 6) is 0. The summed E-state index contributed by atoms with van der Waals surface area (Å²) in [5, 5.41) is 0. The van der Waals surface area contributed by atoms with E-state index in [1.165, 1.54) is 6.08 Å². The molecule has 43 heavy (non-hydrogen) atoms. The van der Waals surface area contributed by atoms with Crippen LogP contribution >= 0.6 is 25.8 Å². The predicted molar refractivity (Wildman–Crippen MR) is 182 cm³/mol. The maximum absolute atomic E-state index is 5.49. The van der Waals surface area contributed by atoms with Crippen molar-refractivity contribution < 1.29 is 60.2 Å². The van der Waals surface area contributed by atoms with E-state index >= 15 is 0 Å². The maximum Gasteiger partial charge on any atom is 0.333 e. The zero-order chi connectivity index (χ0) is 34.0. The predicted octanol–water partition coefficient (Wildman–Crippen LogP) is 11.5. The van der Waals surface area contributed by atoms with Crippen molar-refractivity contribution in [3.8, 4) is 0 Å². The van der Waals surface area contributed by atoms with E-state index in [1.807, 2.05) is 125 Å². The van der Waals surface area contributed by atoms with Crippen LogP contribution in [0.4, 0.5) is 0 Å². The third-order valence-corrected chi connectivity index (χ3v) is 8.02. The summed E-state index contributed by atoms with van der Waals surface area (Å²) in [5.41, 5.74) is 0. The summed E-state index contributed by atoms with van der Waals surface area (Å²) in [4.78, 5) is 0. The summed E-state index contributed by atoms with van der Waals surface area (Å²) in [6, 6.07) is 0. The van der Waals surface area contributed by atoms with E-state index in [0.29, 0.717) is 0 Å². The summed E-state index contributed by atoms with van der Waals surface area (Å²) in [6.45, 7) is 42.0. The fourth-order valence-corrected chi connectivity index (χ4v) is 5.32. The Balaban J connectivity index is -0.000000158. The van der Waals surface area contributed by atoms with Crippen molar-refractivity contribution >= 4 is 25.8 Å². The Bertz CT molecular complexity index is 426. The minimum atomic E-state index is -1.18. The minimum Gasteiger partial charge on any atom is -0.309 e. The molecule has 9 nitrogen and oxygen atoms in total. The molecule has 0 aromatic carbocycles. The molecule has 0 aliphatic carbocycles. The molecule has 2 radical (unpaired) electrons. The van der Waals surface area contributed by atoms with E-state index in [1.54, 1.807) is 0 Å². The molecule has 0 spiro atoms. The Morgan fingerprint density at radius 2 is 0.395 bits per heavy atom. The molecule has 0 aliphatic heterocycles. The van der Waals surface area contributed by atoms with Gasteiger partial charge in [0.15, 0.2) is 0 Å². The largest absolute Gasteiger partial charge is 0.333 e. The van der Waals surface area contributed by atoms with Crippen LogP contribution in [0.2, 0.25) is 0 Å². The third-order valence-electron chi connectivity index (χ3n) is 2.67. The molecule has 0 saturated carbocycles. The van der Waals surface area contributed by atoms with E-state index in [9.17, 15) is 0 Å². The summed E-state index contributed by atoms with van der Waals surface area (Å²) < 4.78 is 49.4. The van der Waals surface area contributed by atoms with Crippen LogP contribution in [-0.2, 0) is 60.2 Å². The van der Waals surface area contributed by atoms with Gasteiger partial charge in [-0.25, -0.2) is 0 Å². The van der Waals surface area contributed by atoms with Gasteiger partial charge in [0.1, 0.15) is 0 Å². The Morgan fingerprint density at radius 3 is 0.442 bits per heavy atom. The normalized spacial score (nSPS) is 11.6. The topological polar surface area (TPSA) is 83.1 Å². The van der Waals surface area contributed by atoms with E-state index in [-0.39, 0.29) is 74.4 Å². The Morgan fingerprint density at radius 1 is 0.326 bits per heavy atom. The number of hydrogen-bond acceptors (Lipinski definition) is 9. The molecular formula is C30H68O9P3Rh. The van der Waals surface area contributed by atoms with Gasteiger partial charge in [-0.1, -0.05) is 6.08 Å². The SMILES string of the molecule is CC(C)OP(OC(C)C)OC(C)C.CC(C)OP(OC(C)C)OC(C)C.CC(C)OP(OC(C)C)OC(C)C.[CH2]C=C.[Rh]. The molecule has 0 aliphatic rings. The number of hydrogen-bond donors (Lipinski definition) is 0. The van der Waals surface area contributed by atoms with E-state index < -0.39 is 25.8 Å². The molecule has 0 N–H and O–H groups in total. The minimum absolute atomic E-state index is 0. The molecule has 13 heteroatoms. The van der Waals surface area contributed by atoms with E-state index in [2.05, 4.69) is 13.5 Å². The van der Waals surface area contributed by atoms with Gasteiger partial charge in [0.2, 0.25) is 0 Å². The summed E-state index contributed by atoms with van der Waals surface area (Å²) in [6.07, 6.45) is 2.78. The van der Waals surface area contributed by atoms with Crippen molar-refractivity contribution in [3.63, 3.8) is 0 Å². The monoisotopic (exact) mass is 768 g/mol. The van der Waals surface area contributed by atoms with E-state index in [0.717, 1.165) is 0 Å². The van der Waals surface area contributed by atoms with Crippen LogP contribution in [0.15, 0.2) is 12.7 Å². The van der Waals surface area contributed by atoms with Gasteiger partial charge in [0.25, 0.3) is 0 Å². The van der Waals surface area contributed by atoms with Crippen molar-refractivity contribution in [2.24, 2.45) is 0 Å². The van der Waals surface area contributed by atoms with Crippen LogP contribution < -0.4 is 0 Å². The van der Waals surface area contributed by atoms with Crippen LogP contribution in [0.5, 0.6) is 0 Å². The Labute approximate surface area is 284 Å². The molecular weight excluding hydrogens is 700 g/mol. The molecule has 266 valence electrons. The molecule has 0 unspecified atom stereocenters.